The molecule has 0 saturated carbocycles. The zero-order valence-electron chi connectivity index (χ0n) is 10.0. The first-order valence-corrected chi connectivity index (χ1v) is 6.12. The molecule has 1 fully saturated rings. The number of likely N-dealkylation sites (tertiary alicyclic amines) is 1. The van der Waals surface area contributed by atoms with Gasteiger partial charge in [-0.2, -0.15) is 0 Å². The predicted octanol–water partition coefficient (Wildman–Crippen LogP) is 2.20. The molecular formula is C13H17N3O. The Bertz CT molecular complexity index is 534. The fraction of sp³-hybridized carbons (Fsp3) is 0.462. The Labute approximate surface area is 101 Å². The molecule has 2 aromatic rings. The highest BCUT2D eigenvalue weighted by Crippen LogP contribution is 2.29. The van der Waals surface area contributed by atoms with Crippen LogP contribution < -0.4 is 0 Å². The number of aromatic hydroxyl groups is 1. The second-order valence-electron chi connectivity index (χ2n) is 4.79. The largest absolute Gasteiger partial charge is 0.506 e. The van der Waals surface area contributed by atoms with Crippen LogP contribution in [0.25, 0.3) is 5.52 Å². The molecule has 17 heavy (non-hydrogen) atoms. The molecule has 0 amide bonds. The third-order valence-electron chi connectivity index (χ3n) is 3.61. The molecule has 90 valence electrons. The summed E-state index contributed by atoms with van der Waals surface area (Å²) in [6, 6.07) is 3.97. The summed E-state index contributed by atoms with van der Waals surface area (Å²) in [7, 11) is 2.15. The van der Waals surface area contributed by atoms with Gasteiger partial charge in [0.1, 0.15) is 11.6 Å². The molecule has 0 aliphatic carbocycles. The Balaban J connectivity index is 2.07. The number of imidazole rings is 1. The minimum atomic E-state index is 0.287. The van der Waals surface area contributed by atoms with Crippen molar-refractivity contribution in [3.8, 4) is 5.75 Å². The van der Waals surface area contributed by atoms with Crippen molar-refractivity contribution >= 4 is 5.52 Å². The van der Waals surface area contributed by atoms with Crippen LogP contribution >= 0.6 is 0 Å². The lowest BCUT2D eigenvalue weighted by Crippen LogP contribution is -2.30. The van der Waals surface area contributed by atoms with Gasteiger partial charge in [-0.1, -0.05) is 6.42 Å². The number of nitrogens with zero attached hydrogens (tertiary/aromatic N) is 3. The normalized spacial score (nSPS) is 22.1. The lowest BCUT2D eigenvalue weighted by atomic mass is 10.0. The summed E-state index contributed by atoms with van der Waals surface area (Å²) in [6.07, 6.45) is 7.28. The summed E-state index contributed by atoms with van der Waals surface area (Å²) in [5.41, 5.74) is 1.04. The molecular weight excluding hydrogens is 214 g/mol. The molecule has 1 aliphatic heterocycles. The quantitative estimate of drug-likeness (QED) is 0.818. The van der Waals surface area contributed by atoms with Gasteiger partial charge in [-0.3, -0.25) is 9.30 Å². The molecule has 3 heterocycles. The molecule has 2 aromatic heterocycles. The van der Waals surface area contributed by atoms with E-state index in [0.717, 1.165) is 24.3 Å². The third kappa shape index (κ3) is 1.78. The number of pyridine rings is 1. The first kappa shape index (κ1) is 10.6. The van der Waals surface area contributed by atoms with E-state index in [1.165, 1.54) is 12.8 Å². The Hall–Kier alpha value is -1.55. The van der Waals surface area contributed by atoms with Crippen molar-refractivity contribution in [3.05, 3.63) is 30.4 Å². The van der Waals surface area contributed by atoms with E-state index < -0.39 is 0 Å². The van der Waals surface area contributed by atoms with Gasteiger partial charge in [-0.15, -0.1) is 0 Å². The SMILES string of the molecule is CN1CCCCC1c1ncc2ccc(O)cn12. The van der Waals surface area contributed by atoms with Gasteiger partial charge in [0.15, 0.2) is 0 Å². The highest BCUT2D eigenvalue weighted by atomic mass is 16.3. The van der Waals surface area contributed by atoms with Gasteiger partial charge in [0.05, 0.1) is 24.0 Å². The molecule has 0 bridgehead atoms. The fourth-order valence-corrected chi connectivity index (χ4v) is 2.65. The number of fused-ring (bicyclic) bond motifs is 1. The lowest BCUT2D eigenvalue weighted by Gasteiger charge is -2.31. The van der Waals surface area contributed by atoms with Crippen LogP contribution in [0.3, 0.4) is 0 Å². The minimum Gasteiger partial charge on any atom is -0.506 e. The monoisotopic (exact) mass is 231 g/mol. The summed E-state index contributed by atoms with van der Waals surface area (Å²) >= 11 is 0. The molecule has 3 rings (SSSR count). The molecule has 1 unspecified atom stereocenters. The summed E-state index contributed by atoms with van der Waals surface area (Å²) in [4.78, 5) is 6.87. The standard InChI is InChI=1S/C13H17N3O/c1-15-7-3-2-4-12(15)13-14-8-10-5-6-11(17)9-16(10)13/h5-6,8-9,12,17H,2-4,7H2,1H3. The number of aromatic nitrogens is 2. The number of hydrogen-bond acceptors (Lipinski definition) is 3. The smallest absolute Gasteiger partial charge is 0.132 e. The van der Waals surface area contributed by atoms with Gasteiger partial charge in [0.25, 0.3) is 0 Å². The Kier molecular flexibility index (Phi) is 2.52. The molecule has 4 nitrogen and oxygen atoms in total. The van der Waals surface area contributed by atoms with Gasteiger partial charge in [-0.05, 0) is 38.6 Å². The van der Waals surface area contributed by atoms with Crippen LogP contribution in [0.15, 0.2) is 24.5 Å². The minimum absolute atomic E-state index is 0.287. The van der Waals surface area contributed by atoms with E-state index in [1.807, 2.05) is 16.7 Å². The molecule has 0 spiro atoms. The topological polar surface area (TPSA) is 40.8 Å². The van der Waals surface area contributed by atoms with Crippen molar-refractivity contribution in [2.45, 2.75) is 25.3 Å². The van der Waals surface area contributed by atoms with Crippen molar-refractivity contribution in [3.63, 3.8) is 0 Å². The van der Waals surface area contributed by atoms with E-state index in [1.54, 1.807) is 12.3 Å². The van der Waals surface area contributed by atoms with Crippen LogP contribution in [0.4, 0.5) is 0 Å². The van der Waals surface area contributed by atoms with Crippen LogP contribution in [-0.4, -0.2) is 33.0 Å². The Morgan fingerprint density at radius 2 is 2.24 bits per heavy atom. The van der Waals surface area contributed by atoms with Crippen LogP contribution in [-0.2, 0) is 0 Å². The van der Waals surface area contributed by atoms with Gasteiger partial charge in [0, 0.05) is 0 Å². The summed E-state index contributed by atoms with van der Waals surface area (Å²) in [5.74, 6) is 1.33. The van der Waals surface area contributed by atoms with Crippen molar-refractivity contribution in [1.82, 2.24) is 14.3 Å². The van der Waals surface area contributed by atoms with Crippen molar-refractivity contribution in [2.75, 3.05) is 13.6 Å². The Morgan fingerprint density at radius 3 is 3.06 bits per heavy atom. The van der Waals surface area contributed by atoms with E-state index >= 15 is 0 Å². The van der Waals surface area contributed by atoms with Gasteiger partial charge >= 0.3 is 0 Å². The predicted molar refractivity (Wildman–Crippen MR) is 66.1 cm³/mol. The first-order valence-electron chi connectivity index (χ1n) is 6.12. The fourth-order valence-electron chi connectivity index (χ4n) is 2.65. The number of hydrogen-bond donors (Lipinski definition) is 1. The summed E-state index contributed by atoms with van der Waals surface area (Å²) in [6.45, 7) is 1.12. The highest BCUT2D eigenvalue weighted by molar-refractivity contribution is 5.48. The van der Waals surface area contributed by atoms with Crippen LogP contribution in [0.2, 0.25) is 0 Å². The van der Waals surface area contributed by atoms with E-state index in [4.69, 9.17) is 0 Å². The lowest BCUT2D eigenvalue weighted by molar-refractivity contribution is 0.179. The van der Waals surface area contributed by atoms with Gasteiger partial charge < -0.3 is 5.11 Å². The molecule has 0 radical (unpaired) electrons. The van der Waals surface area contributed by atoms with Crippen molar-refractivity contribution in [1.29, 1.82) is 0 Å². The molecule has 1 saturated heterocycles. The Morgan fingerprint density at radius 1 is 1.35 bits per heavy atom. The molecule has 1 N–H and O–H groups in total. The van der Waals surface area contributed by atoms with E-state index in [2.05, 4.69) is 16.9 Å². The zero-order chi connectivity index (χ0) is 11.8. The van der Waals surface area contributed by atoms with Crippen LogP contribution in [0.5, 0.6) is 5.75 Å². The van der Waals surface area contributed by atoms with Crippen LogP contribution in [0, 0.1) is 0 Å². The maximum Gasteiger partial charge on any atom is 0.132 e. The zero-order valence-corrected chi connectivity index (χ0v) is 10.0. The van der Waals surface area contributed by atoms with E-state index in [9.17, 15) is 5.11 Å². The van der Waals surface area contributed by atoms with Crippen molar-refractivity contribution < 1.29 is 5.11 Å². The van der Waals surface area contributed by atoms with E-state index in [0.29, 0.717) is 6.04 Å². The third-order valence-corrected chi connectivity index (χ3v) is 3.61. The molecule has 1 atom stereocenters. The summed E-state index contributed by atoms with van der Waals surface area (Å²) in [5, 5.41) is 9.58. The second-order valence-corrected chi connectivity index (χ2v) is 4.79. The van der Waals surface area contributed by atoms with E-state index in [-0.39, 0.29) is 5.75 Å². The average molecular weight is 231 g/mol. The van der Waals surface area contributed by atoms with Crippen molar-refractivity contribution in [2.24, 2.45) is 0 Å². The van der Waals surface area contributed by atoms with Gasteiger partial charge in [-0.25, -0.2) is 4.98 Å². The maximum absolute atomic E-state index is 9.58. The second kappa shape index (κ2) is 4.04. The number of piperidine rings is 1. The maximum atomic E-state index is 9.58. The molecule has 1 aliphatic rings. The molecule has 0 aromatic carbocycles. The summed E-state index contributed by atoms with van der Waals surface area (Å²) < 4.78 is 2.00. The number of rotatable bonds is 1. The van der Waals surface area contributed by atoms with Gasteiger partial charge in [0.2, 0.25) is 0 Å². The average Bonchev–Trinajstić information content (AvgIpc) is 2.72. The first-order chi connectivity index (χ1) is 8.25. The van der Waals surface area contributed by atoms with Crippen LogP contribution in [0.1, 0.15) is 31.1 Å². The molecule has 4 heteroatoms. The highest BCUT2D eigenvalue weighted by Gasteiger charge is 2.24.